The van der Waals surface area contributed by atoms with Crippen LogP contribution in [0.3, 0.4) is 0 Å². The second-order valence-corrected chi connectivity index (χ2v) is 7.03. The summed E-state index contributed by atoms with van der Waals surface area (Å²) in [5.41, 5.74) is 1.46. The van der Waals surface area contributed by atoms with Crippen LogP contribution in [0.2, 0.25) is 0 Å². The first-order chi connectivity index (χ1) is 11.9. The van der Waals surface area contributed by atoms with E-state index >= 15 is 0 Å². The van der Waals surface area contributed by atoms with Crippen molar-refractivity contribution in [3.63, 3.8) is 0 Å². The summed E-state index contributed by atoms with van der Waals surface area (Å²) < 4.78 is 5.67. The summed E-state index contributed by atoms with van der Waals surface area (Å²) >= 11 is 0. The normalized spacial score (nSPS) is 22.2. The van der Waals surface area contributed by atoms with E-state index in [-0.39, 0.29) is 24.0 Å². The Morgan fingerprint density at radius 1 is 1.20 bits per heavy atom. The standard InChI is InChI=1S/C20H31N3O.HI/c1-2-21-20(22-11-6-12-24-15-16-9-10-16)23-14-18-13-19(18)17-7-4-3-5-8-17;/h3-5,7-8,16,18-19H,2,6,9-15H2,1H3,(H2,21,22,23);1H. The fourth-order valence-electron chi connectivity index (χ4n) is 3.02. The summed E-state index contributed by atoms with van der Waals surface area (Å²) in [4.78, 5) is 4.76. The van der Waals surface area contributed by atoms with Crippen molar-refractivity contribution < 1.29 is 4.74 Å². The monoisotopic (exact) mass is 457 g/mol. The Kier molecular flexibility index (Phi) is 9.03. The van der Waals surface area contributed by atoms with Gasteiger partial charge in [0.2, 0.25) is 0 Å². The minimum absolute atomic E-state index is 0. The quantitative estimate of drug-likeness (QED) is 0.243. The van der Waals surface area contributed by atoms with Crippen molar-refractivity contribution in [1.29, 1.82) is 0 Å². The zero-order valence-corrected chi connectivity index (χ0v) is 17.6. The molecule has 2 unspecified atom stereocenters. The average Bonchev–Trinajstić information content (AvgIpc) is 3.52. The first-order valence-corrected chi connectivity index (χ1v) is 9.51. The highest BCUT2D eigenvalue weighted by atomic mass is 127. The maximum atomic E-state index is 5.67. The van der Waals surface area contributed by atoms with Gasteiger partial charge in [-0.2, -0.15) is 0 Å². The summed E-state index contributed by atoms with van der Waals surface area (Å²) in [6, 6.07) is 10.8. The molecule has 4 nitrogen and oxygen atoms in total. The molecule has 0 amide bonds. The Morgan fingerprint density at radius 2 is 2.00 bits per heavy atom. The smallest absolute Gasteiger partial charge is 0.191 e. The van der Waals surface area contributed by atoms with Crippen LogP contribution < -0.4 is 10.6 Å². The highest BCUT2D eigenvalue weighted by molar-refractivity contribution is 14.0. The first kappa shape index (κ1) is 20.5. The Hall–Kier alpha value is -0.820. The highest BCUT2D eigenvalue weighted by Gasteiger charge is 2.37. The third-order valence-electron chi connectivity index (χ3n) is 4.79. The van der Waals surface area contributed by atoms with Gasteiger partial charge in [-0.25, -0.2) is 0 Å². The molecule has 0 spiro atoms. The lowest BCUT2D eigenvalue weighted by Crippen LogP contribution is -2.38. The van der Waals surface area contributed by atoms with Crippen LogP contribution >= 0.6 is 24.0 Å². The molecular formula is C20H32IN3O. The summed E-state index contributed by atoms with van der Waals surface area (Å²) in [6.07, 6.45) is 5.02. The number of hydrogen-bond donors (Lipinski definition) is 2. The van der Waals surface area contributed by atoms with Crippen molar-refractivity contribution in [2.75, 3.05) is 32.8 Å². The minimum atomic E-state index is 0. The van der Waals surface area contributed by atoms with Crippen LogP contribution in [0.5, 0.6) is 0 Å². The van der Waals surface area contributed by atoms with Crippen molar-refractivity contribution in [2.45, 2.75) is 38.5 Å². The molecule has 2 saturated carbocycles. The molecule has 25 heavy (non-hydrogen) atoms. The first-order valence-electron chi connectivity index (χ1n) is 9.51. The van der Waals surface area contributed by atoms with Crippen LogP contribution in [0.25, 0.3) is 0 Å². The van der Waals surface area contributed by atoms with Gasteiger partial charge < -0.3 is 15.4 Å². The Morgan fingerprint density at radius 3 is 2.72 bits per heavy atom. The Balaban J connectivity index is 0.00000225. The van der Waals surface area contributed by atoms with Crippen molar-refractivity contribution in [2.24, 2.45) is 16.8 Å². The molecule has 2 aliphatic rings. The second-order valence-electron chi connectivity index (χ2n) is 7.03. The lowest BCUT2D eigenvalue weighted by atomic mass is 10.1. The summed E-state index contributed by atoms with van der Waals surface area (Å²) in [7, 11) is 0. The number of aliphatic imine (C=N–C) groups is 1. The van der Waals surface area contributed by atoms with Crippen LogP contribution in [0.15, 0.2) is 35.3 Å². The molecule has 3 rings (SSSR count). The molecule has 0 aromatic heterocycles. The van der Waals surface area contributed by atoms with Crippen molar-refractivity contribution in [1.82, 2.24) is 10.6 Å². The van der Waals surface area contributed by atoms with Gasteiger partial charge in [0.25, 0.3) is 0 Å². The lowest BCUT2D eigenvalue weighted by Gasteiger charge is -2.11. The molecule has 2 N–H and O–H groups in total. The number of hydrogen-bond acceptors (Lipinski definition) is 2. The Labute approximate surface area is 169 Å². The molecule has 0 saturated heterocycles. The molecule has 1 aromatic carbocycles. The molecule has 2 fully saturated rings. The molecule has 0 radical (unpaired) electrons. The van der Waals surface area contributed by atoms with Gasteiger partial charge in [0.15, 0.2) is 5.96 Å². The summed E-state index contributed by atoms with van der Waals surface area (Å²) in [5, 5.41) is 6.76. The molecule has 0 heterocycles. The molecular weight excluding hydrogens is 425 g/mol. The largest absolute Gasteiger partial charge is 0.381 e. The van der Waals surface area contributed by atoms with Gasteiger partial charge in [-0.15, -0.1) is 24.0 Å². The van der Waals surface area contributed by atoms with E-state index in [9.17, 15) is 0 Å². The topological polar surface area (TPSA) is 45.7 Å². The van der Waals surface area contributed by atoms with Crippen LogP contribution in [0.4, 0.5) is 0 Å². The van der Waals surface area contributed by atoms with Gasteiger partial charge in [0.1, 0.15) is 0 Å². The lowest BCUT2D eigenvalue weighted by molar-refractivity contribution is 0.123. The number of guanidine groups is 1. The number of halogens is 1. The molecule has 2 aliphatic carbocycles. The second kappa shape index (κ2) is 11.0. The van der Waals surface area contributed by atoms with E-state index in [2.05, 4.69) is 47.9 Å². The van der Waals surface area contributed by atoms with Crippen molar-refractivity contribution in [3.8, 4) is 0 Å². The third-order valence-corrected chi connectivity index (χ3v) is 4.79. The number of nitrogens with one attached hydrogen (secondary N) is 2. The predicted octanol–water partition coefficient (Wildman–Crippen LogP) is 3.78. The molecule has 0 aliphatic heterocycles. The fourth-order valence-corrected chi connectivity index (χ4v) is 3.02. The third kappa shape index (κ3) is 7.52. The van der Waals surface area contributed by atoms with Gasteiger partial charge in [-0.3, -0.25) is 4.99 Å². The SMILES string of the molecule is CCNC(=NCC1CC1c1ccccc1)NCCCOCC1CC1.I. The molecule has 5 heteroatoms. The number of rotatable bonds is 10. The minimum Gasteiger partial charge on any atom is -0.381 e. The van der Waals surface area contributed by atoms with Crippen LogP contribution in [-0.4, -0.2) is 38.8 Å². The van der Waals surface area contributed by atoms with E-state index in [0.717, 1.165) is 51.1 Å². The Bertz CT molecular complexity index is 519. The van der Waals surface area contributed by atoms with E-state index < -0.39 is 0 Å². The zero-order valence-electron chi connectivity index (χ0n) is 15.2. The summed E-state index contributed by atoms with van der Waals surface area (Å²) in [6.45, 7) is 6.64. The van der Waals surface area contributed by atoms with Crippen LogP contribution in [0.1, 0.15) is 44.1 Å². The molecule has 140 valence electrons. The summed E-state index contributed by atoms with van der Waals surface area (Å²) in [5.74, 6) is 3.20. The van der Waals surface area contributed by atoms with Gasteiger partial charge in [-0.05, 0) is 55.9 Å². The van der Waals surface area contributed by atoms with E-state index in [1.807, 2.05) is 0 Å². The van der Waals surface area contributed by atoms with Gasteiger partial charge >= 0.3 is 0 Å². The van der Waals surface area contributed by atoms with Gasteiger partial charge in [0.05, 0.1) is 0 Å². The van der Waals surface area contributed by atoms with E-state index in [1.54, 1.807) is 0 Å². The molecule has 2 atom stereocenters. The highest BCUT2D eigenvalue weighted by Crippen LogP contribution is 2.47. The fraction of sp³-hybridized carbons (Fsp3) is 0.650. The van der Waals surface area contributed by atoms with Crippen LogP contribution in [-0.2, 0) is 4.74 Å². The van der Waals surface area contributed by atoms with E-state index in [1.165, 1.54) is 24.8 Å². The number of nitrogens with zero attached hydrogens (tertiary/aromatic N) is 1. The maximum Gasteiger partial charge on any atom is 0.191 e. The molecule has 1 aromatic rings. The van der Waals surface area contributed by atoms with E-state index in [0.29, 0.717) is 11.8 Å². The van der Waals surface area contributed by atoms with Crippen molar-refractivity contribution in [3.05, 3.63) is 35.9 Å². The van der Waals surface area contributed by atoms with Crippen molar-refractivity contribution >= 4 is 29.9 Å². The zero-order chi connectivity index (χ0) is 16.6. The maximum absolute atomic E-state index is 5.67. The van der Waals surface area contributed by atoms with Gasteiger partial charge in [0, 0.05) is 32.8 Å². The predicted molar refractivity (Wildman–Crippen MR) is 115 cm³/mol. The molecule has 0 bridgehead atoms. The van der Waals surface area contributed by atoms with Gasteiger partial charge in [-0.1, -0.05) is 30.3 Å². The average molecular weight is 457 g/mol. The van der Waals surface area contributed by atoms with Crippen LogP contribution in [0, 0.1) is 11.8 Å². The van der Waals surface area contributed by atoms with E-state index in [4.69, 9.17) is 9.73 Å². The number of ether oxygens (including phenoxy) is 1. The number of benzene rings is 1.